The maximum Gasteiger partial charge on any atom is 0.153 e. The molecule has 1 aliphatic carbocycles. The van der Waals surface area contributed by atoms with Gasteiger partial charge in [-0.15, -0.1) is 11.6 Å². The number of hydrogen-bond donors (Lipinski definition) is 0. The van der Waals surface area contributed by atoms with Crippen LogP contribution in [0.15, 0.2) is 12.1 Å². The van der Waals surface area contributed by atoms with E-state index in [1.807, 2.05) is 4.57 Å². The first kappa shape index (κ1) is 12.9. The van der Waals surface area contributed by atoms with Crippen molar-refractivity contribution in [2.45, 2.75) is 32.7 Å². The van der Waals surface area contributed by atoms with E-state index in [2.05, 4.69) is 18.8 Å². The van der Waals surface area contributed by atoms with Crippen LogP contribution in [-0.4, -0.2) is 15.4 Å². The Hall–Kier alpha value is -1.16. The van der Waals surface area contributed by atoms with Crippen LogP contribution in [0.25, 0.3) is 11.0 Å². The van der Waals surface area contributed by atoms with Crippen LogP contribution in [0.1, 0.15) is 32.1 Å². The molecule has 19 heavy (non-hydrogen) atoms. The molecule has 5 heteroatoms. The SMILES string of the molecule is CC1(C)CC1n1c(CCCl)nc2c(F)cc(F)cc21. The molecule has 0 spiro atoms. The van der Waals surface area contributed by atoms with E-state index in [1.54, 1.807) is 0 Å². The lowest BCUT2D eigenvalue weighted by molar-refractivity contribution is 0.536. The summed E-state index contributed by atoms with van der Waals surface area (Å²) in [4.78, 5) is 4.31. The van der Waals surface area contributed by atoms with Crippen molar-refractivity contribution in [3.63, 3.8) is 0 Å². The number of fused-ring (bicyclic) bond motifs is 1. The van der Waals surface area contributed by atoms with Gasteiger partial charge in [0, 0.05) is 24.4 Å². The van der Waals surface area contributed by atoms with Gasteiger partial charge in [0.05, 0.1) is 5.52 Å². The molecule has 0 amide bonds. The third-order valence-corrected chi connectivity index (χ3v) is 4.07. The highest BCUT2D eigenvalue weighted by atomic mass is 35.5. The fourth-order valence-corrected chi connectivity index (χ4v) is 2.83. The Bertz CT molecular complexity index is 648. The number of hydrogen-bond acceptors (Lipinski definition) is 1. The van der Waals surface area contributed by atoms with E-state index in [4.69, 9.17) is 11.6 Å². The number of rotatable bonds is 3. The number of alkyl halides is 1. The Labute approximate surface area is 115 Å². The van der Waals surface area contributed by atoms with Gasteiger partial charge in [-0.1, -0.05) is 13.8 Å². The summed E-state index contributed by atoms with van der Waals surface area (Å²) in [6.07, 6.45) is 1.55. The molecule has 1 heterocycles. The third kappa shape index (κ3) is 2.02. The minimum absolute atomic E-state index is 0.150. The molecule has 0 saturated heterocycles. The van der Waals surface area contributed by atoms with E-state index >= 15 is 0 Å². The van der Waals surface area contributed by atoms with Crippen molar-refractivity contribution in [3.8, 4) is 0 Å². The molecule has 2 nitrogen and oxygen atoms in total. The second-order valence-corrected chi connectivity index (χ2v) is 6.18. The molecule has 0 N–H and O–H groups in total. The summed E-state index contributed by atoms with van der Waals surface area (Å²) >= 11 is 5.78. The zero-order valence-electron chi connectivity index (χ0n) is 10.9. The third-order valence-electron chi connectivity index (χ3n) is 3.88. The number of benzene rings is 1. The summed E-state index contributed by atoms with van der Waals surface area (Å²) in [6.45, 7) is 4.28. The van der Waals surface area contributed by atoms with E-state index < -0.39 is 11.6 Å². The van der Waals surface area contributed by atoms with Crippen molar-refractivity contribution < 1.29 is 8.78 Å². The van der Waals surface area contributed by atoms with Gasteiger partial charge in [-0.25, -0.2) is 13.8 Å². The predicted molar refractivity (Wildman–Crippen MR) is 71.5 cm³/mol. The zero-order chi connectivity index (χ0) is 13.8. The summed E-state index contributed by atoms with van der Waals surface area (Å²) < 4.78 is 29.2. The molecule has 1 atom stereocenters. The smallest absolute Gasteiger partial charge is 0.153 e. The van der Waals surface area contributed by atoms with Crippen molar-refractivity contribution >= 4 is 22.6 Å². The van der Waals surface area contributed by atoms with Gasteiger partial charge in [0.25, 0.3) is 0 Å². The molecule has 1 unspecified atom stereocenters. The van der Waals surface area contributed by atoms with Gasteiger partial charge in [-0.2, -0.15) is 0 Å². The minimum atomic E-state index is -0.608. The molecule has 0 bridgehead atoms. The van der Waals surface area contributed by atoms with Crippen molar-refractivity contribution in [1.82, 2.24) is 9.55 Å². The fraction of sp³-hybridized carbons (Fsp3) is 0.500. The van der Waals surface area contributed by atoms with Crippen LogP contribution in [0, 0.1) is 17.0 Å². The Balaban J connectivity index is 2.24. The zero-order valence-corrected chi connectivity index (χ0v) is 11.6. The molecule has 102 valence electrons. The fourth-order valence-electron chi connectivity index (χ4n) is 2.66. The minimum Gasteiger partial charge on any atom is -0.324 e. The van der Waals surface area contributed by atoms with Crippen LogP contribution in [0.5, 0.6) is 0 Å². The van der Waals surface area contributed by atoms with E-state index in [0.717, 1.165) is 18.3 Å². The maximum absolute atomic E-state index is 13.8. The topological polar surface area (TPSA) is 17.8 Å². The van der Waals surface area contributed by atoms with Gasteiger partial charge in [-0.05, 0) is 17.9 Å². The molecule has 1 aromatic carbocycles. The van der Waals surface area contributed by atoms with Crippen LogP contribution in [0.2, 0.25) is 0 Å². The number of nitrogens with zero attached hydrogens (tertiary/aromatic N) is 2. The van der Waals surface area contributed by atoms with Crippen LogP contribution in [0.4, 0.5) is 8.78 Å². The van der Waals surface area contributed by atoms with Crippen molar-refractivity contribution in [3.05, 3.63) is 29.6 Å². The number of aromatic nitrogens is 2. The normalized spacial score (nSPS) is 21.0. The van der Waals surface area contributed by atoms with Crippen LogP contribution in [0.3, 0.4) is 0 Å². The first-order valence-corrected chi connectivity index (χ1v) is 6.89. The van der Waals surface area contributed by atoms with Crippen molar-refractivity contribution in [2.24, 2.45) is 5.41 Å². The van der Waals surface area contributed by atoms with Gasteiger partial charge < -0.3 is 4.57 Å². The molecular weight excluding hydrogens is 270 g/mol. The average Bonchev–Trinajstić information content (AvgIpc) is 2.78. The lowest BCUT2D eigenvalue weighted by Gasteiger charge is -2.10. The number of halogens is 3. The standard InChI is InChI=1S/C14H15ClF2N2/c1-14(2)7-11(14)19-10-6-8(16)5-9(17)13(10)18-12(19)3-4-15/h5-6,11H,3-4,7H2,1-2H3. The lowest BCUT2D eigenvalue weighted by Crippen LogP contribution is -2.06. The molecular formula is C14H15ClF2N2. The highest BCUT2D eigenvalue weighted by molar-refractivity contribution is 6.17. The molecule has 1 aromatic heterocycles. The molecule has 1 fully saturated rings. The summed E-state index contributed by atoms with van der Waals surface area (Å²) in [5, 5.41) is 0. The molecule has 3 rings (SSSR count). The number of aryl methyl sites for hydroxylation is 1. The molecule has 1 saturated carbocycles. The monoisotopic (exact) mass is 284 g/mol. The first-order chi connectivity index (χ1) is 8.94. The lowest BCUT2D eigenvalue weighted by atomic mass is 10.2. The van der Waals surface area contributed by atoms with E-state index in [1.165, 1.54) is 6.07 Å². The molecule has 0 aliphatic heterocycles. The van der Waals surface area contributed by atoms with Crippen LogP contribution >= 0.6 is 11.6 Å². The molecule has 1 aliphatic rings. The second-order valence-electron chi connectivity index (χ2n) is 5.80. The summed E-state index contributed by atoms with van der Waals surface area (Å²) in [6, 6.07) is 2.48. The Morgan fingerprint density at radius 1 is 1.42 bits per heavy atom. The van der Waals surface area contributed by atoms with Gasteiger partial charge in [0.1, 0.15) is 17.2 Å². The summed E-state index contributed by atoms with van der Waals surface area (Å²) in [7, 11) is 0. The second kappa shape index (κ2) is 4.17. The molecule has 2 aromatic rings. The quantitative estimate of drug-likeness (QED) is 0.777. The summed E-state index contributed by atoms with van der Waals surface area (Å²) in [5.74, 6) is -0.0178. The van der Waals surface area contributed by atoms with E-state index in [9.17, 15) is 8.78 Å². The van der Waals surface area contributed by atoms with Gasteiger partial charge >= 0.3 is 0 Å². The highest BCUT2D eigenvalue weighted by Gasteiger charge is 2.48. The Morgan fingerprint density at radius 2 is 2.11 bits per heavy atom. The van der Waals surface area contributed by atoms with Crippen molar-refractivity contribution in [2.75, 3.05) is 5.88 Å². The average molecular weight is 285 g/mol. The predicted octanol–water partition coefficient (Wildman–Crippen LogP) is 4.07. The van der Waals surface area contributed by atoms with Gasteiger partial charge in [0.15, 0.2) is 5.82 Å². The Kier molecular flexibility index (Phi) is 2.82. The number of imidazole rings is 1. The van der Waals surface area contributed by atoms with Crippen LogP contribution < -0.4 is 0 Å². The molecule has 0 radical (unpaired) electrons. The van der Waals surface area contributed by atoms with Gasteiger partial charge in [0.2, 0.25) is 0 Å². The summed E-state index contributed by atoms with van der Waals surface area (Å²) in [5.41, 5.74) is 0.926. The van der Waals surface area contributed by atoms with E-state index in [-0.39, 0.29) is 17.0 Å². The largest absolute Gasteiger partial charge is 0.324 e. The van der Waals surface area contributed by atoms with Gasteiger partial charge in [-0.3, -0.25) is 0 Å². The highest BCUT2D eigenvalue weighted by Crippen LogP contribution is 2.56. The Morgan fingerprint density at radius 3 is 2.68 bits per heavy atom. The maximum atomic E-state index is 13.8. The first-order valence-electron chi connectivity index (χ1n) is 6.36. The van der Waals surface area contributed by atoms with E-state index in [0.29, 0.717) is 17.8 Å². The van der Waals surface area contributed by atoms with Crippen LogP contribution in [-0.2, 0) is 6.42 Å². The van der Waals surface area contributed by atoms with Crippen molar-refractivity contribution in [1.29, 1.82) is 0 Å².